The fraction of sp³-hybridized carbons (Fsp3) is 0.333. The van der Waals surface area contributed by atoms with Crippen molar-refractivity contribution >= 4 is 11.8 Å². The molecule has 0 radical (unpaired) electrons. The predicted octanol–water partition coefficient (Wildman–Crippen LogP) is 2.70. The Morgan fingerprint density at radius 3 is 2.04 bits per heavy atom. The molecule has 4 heteroatoms. The van der Waals surface area contributed by atoms with E-state index in [0.29, 0.717) is 19.0 Å². The van der Waals surface area contributed by atoms with E-state index in [1.807, 2.05) is 65.6 Å². The van der Waals surface area contributed by atoms with Crippen molar-refractivity contribution in [3.8, 4) is 0 Å². The fourth-order valence-electron chi connectivity index (χ4n) is 3.64. The summed E-state index contributed by atoms with van der Waals surface area (Å²) < 4.78 is 0. The van der Waals surface area contributed by atoms with E-state index >= 15 is 0 Å². The van der Waals surface area contributed by atoms with Gasteiger partial charge in [-0.3, -0.25) is 9.59 Å². The lowest BCUT2D eigenvalue weighted by Gasteiger charge is -2.21. The van der Waals surface area contributed by atoms with Crippen LogP contribution in [0.4, 0.5) is 0 Å². The van der Waals surface area contributed by atoms with Gasteiger partial charge in [0.25, 0.3) is 0 Å². The highest BCUT2D eigenvalue weighted by molar-refractivity contribution is 5.88. The summed E-state index contributed by atoms with van der Waals surface area (Å²) in [4.78, 5) is 27.1. The highest BCUT2D eigenvalue weighted by atomic mass is 16.2. The van der Waals surface area contributed by atoms with Crippen LogP contribution in [-0.4, -0.2) is 35.3 Å². The zero-order chi connectivity index (χ0) is 17.2. The second-order valence-electron chi connectivity index (χ2n) is 6.94. The molecule has 1 heterocycles. The number of nitrogens with zero attached hydrogens (tertiary/aromatic N) is 1. The highest BCUT2D eigenvalue weighted by Crippen LogP contribution is 2.31. The lowest BCUT2D eigenvalue weighted by molar-refractivity contribution is -0.128. The molecule has 2 aliphatic rings. The maximum Gasteiger partial charge on any atom is 0.232 e. The Hall–Kier alpha value is -2.62. The first-order chi connectivity index (χ1) is 12.2. The molecule has 4 nitrogen and oxygen atoms in total. The summed E-state index contributed by atoms with van der Waals surface area (Å²) in [5.41, 5.74) is 1.93. The number of hydrogen-bond donors (Lipinski definition) is 1. The smallest absolute Gasteiger partial charge is 0.232 e. The van der Waals surface area contributed by atoms with Gasteiger partial charge in [0.15, 0.2) is 0 Å². The van der Waals surface area contributed by atoms with Crippen LogP contribution in [0.5, 0.6) is 0 Å². The van der Waals surface area contributed by atoms with Crippen LogP contribution in [0.25, 0.3) is 0 Å². The number of rotatable bonds is 5. The van der Waals surface area contributed by atoms with Crippen LogP contribution in [0, 0.1) is 0 Å². The molecule has 1 aliphatic carbocycles. The van der Waals surface area contributed by atoms with Gasteiger partial charge in [0.05, 0.1) is 12.0 Å². The molecule has 1 atom stereocenters. The third kappa shape index (κ3) is 3.43. The minimum absolute atomic E-state index is 0.0344. The summed E-state index contributed by atoms with van der Waals surface area (Å²) in [5, 5.41) is 3.12. The zero-order valence-electron chi connectivity index (χ0n) is 14.1. The molecule has 128 valence electrons. The first-order valence-corrected chi connectivity index (χ1v) is 8.92. The summed E-state index contributed by atoms with van der Waals surface area (Å²) in [5.74, 6) is -0.218. The summed E-state index contributed by atoms with van der Waals surface area (Å²) >= 11 is 0. The van der Waals surface area contributed by atoms with Crippen LogP contribution in [0.1, 0.15) is 36.3 Å². The van der Waals surface area contributed by atoms with Gasteiger partial charge in [0.1, 0.15) is 0 Å². The van der Waals surface area contributed by atoms with Crippen molar-refractivity contribution < 1.29 is 9.59 Å². The molecule has 0 aromatic heterocycles. The van der Waals surface area contributed by atoms with Gasteiger partial charge in [0.2, 0.25) is 11.8 Å². The molecule has 2 aromatic carbocycles. The van der Waals surface area contributed by atoms with Crippen LogP contribution in [0.15, 0.2) is 60.7 Å². The maximum atomic E-state index is 13.1. The molecule has 1 N–H and O–H groups in total. The molecule has 4 rings (SSSR count). The van der Waals surface area contributed by atoms with E-state index in [1.54, 1.807) is 0 Å². The third-order valence-corrected chi connectivity index (χ3v) is 5.02. The number of nitrogens with one attached hydrogen (secondary N) is 1. The first kappa shape index (κ1) is 15.9. The van der Waals surface area contributed by atoms with E-state index in [2.05, 4.69) is 5.32 Å². The Balaban J connectivity index is 1.53. The molecule has 2 amide bonds. The van der Waals surface area contributed by atoms with Gasteiger partial charge in [-0.2, -0.15) is 0 Å². The van der Waals surface area contributed by atoms with Gasteiger partial charge < -0.3 is 10.2 Å². The molecule has 2 aromatic rings. The van der Waals surface area contributed by atoms with Crippen molar-refractivity contribution in [1.29, 1.82) is 0 Å². The molecule has 1 saturated heterocycles. The number of carbonyl (C=O) groups excluding carboxylic acids is 2. The molecular weight excluding hydrogens is 312 g/mol. The third-order valence-electron chi connectivity index (χ3n) is 5.02. The minimum atomic E-state index is -0.354. The number of carbonyl (C=O) groups is 2. The standard InChI is InChI=1S/C21H22N2O2/c24-19-13-17(14-23(19)18-11-12-18)22-21(25)20(15-7-3-1-4-8-15)16-9-5-2-6-10-16/h1-10,17-18,20H,11-14H2,(H,22,25). The summed E-state index contributed by atoms with van der Waals surface area (Å²) in [7, 11) is 0. The van der Waals surface area contributed by atoms with Crippen molar-refractivity contribution in [2.45, 2.75) is 37.3 Å². The van der Waals surface area contributed by atoms with Crippen molar-refractivity contribution in [3.05, 3.63) is 71.8 Å². The Morgan fingerprint density at radius 2 is 1.52 bits per heavy atom. The van der Waals surface area contributed by atoms with Gasteiger partial charge in [-0.1, -0.05) is 60.7 Å². The Labute approximate surface area is 147 Å². The molecule has 1 aliphatic heterocycles. The number of hydrogen-bond acceptors (Lipinski definition) is 2. The molecular formula is C21H22N2O2. The lowest BCUT2D eigenvalue weighted by atomic mass is 9.90. The van der Waals surface area contributed by atoms with Crippen LogP contribution in [0.2, 0.25) is 0 Å². The van der Waals surface area contributed by atoms with E-state index in [9.17, 15) is 9.59 Å². The zero-order valence-corrected chi connectivity index (χ0v) is 14.1. The van der Waals surface area contributed by atoms with E-state index in [4.69, 9.17) is 0 Å². The lowest BCUT2D eigenvalue weighted by Crippen LogP contribution is -2.40. The van der Waals surface area contributed by atoms with Gasteiger partial charge in [0, 0.05) is 19.0 Å². The van der Waals surface area contributed by atoms with Crippen molar-refractivity contribution in [2.24, 2.45) is 0 Å². The van der Waals surface area contributed by atoms with Gasteiger partial charge >= 0.3 is 0 Å². The highest BCUT2D eigenvalue weighted by Gasteiger charge is 2.40. The molecule has 25 heavy (non-hydrogen) atoms. The molecule has 1 saturated carbocycles. The number of likely N-dealkylation sites (tertiary alicyclic amines) is 1. The van der Waals surface area contributed by atoms with Crippen molar-refractivity contribution in [2.75, 3.05) is 6.54 Å². The minimum Gasteiger partial charge on any atom is -0.350 e. The van der Waals surface area contributed by atoms with Gasteiger partial charge in [-0.15, -0.1) is 0 Å². The number of amides is 2. The van der Waals surface area contributed by atoms with Gasteiger partial charge in [-0.25, -0.2) is 0 Å². The monoisotopic (exact) mass is 334 g/mol. The average molecular weight is 334 g/mol. The van der Waals surface area contributed by atoms with E-state index < -0.39 is 0 Å². The van der Waals surface area contributed by atoms with Crippen LogP contribution >= 0.6 is 0 Å². The summed E-state index contributed by atoms with van der Waals surface area (Å²) in [6.45, 7) is 0.644. The first-order valence-electron chi connectivity index (χ1n) is 8.92. The predicted molar refractivity (Wildman–Crippen MR) is 96.0 cm³/mol. The Kier molecular flexibility index (Phi) is 4.26. The number of benzene rings is 2. The van der Waals surface area contributed by atoms with E-state index in [-0.39, 0.29) is 23.8 Å². The van der Waals surface area contributed by atoms with E-state index in [1.165, 1.54) is 0 Å². The van der Waals surface area contributed by atoms with Crippen LogP contribution < -0.4 is 5.32 Å². The normalized spacial score (nSPS) is 20.1. The summed E-state index contributed by atoms with van der Waals surface area (Å²) in [6.07, 6.45) is 2.62. The van der Waals surface area contributed by atoms with Crippen LogP contribution in [-0.2, 0) is 9.59 Å². The quantitative estimate of drug-likeness (QED) is 0.914. The Bertz CT molecular complexity index is 716. The van der Waals surface area contributed by atoms with Gasteiger partial charge in [-0.05, 0) is 24.0 Å². The van der Waals surface area contributed by atoms with Crippen molar-refractivity contribution in [3.63, 3.8) is 0 Å². The molecule has 1 unspecified atom stereocenters. The molecule has 2 fully saturated rings. The largest absolute Gasteiger partial charge is 0.350 e. The summed E-state index contributed by atoms with van der Waals surface area (Å²) in [6, 6.07) is 19.9. The molecule has 0 bridgehead atoms. The second-order valence-corrected chi connectivity index (χ2v) is 6.94. The Morgan fingerprint density at radius 1 is 0.960 bits per heavy atom. The topological polar surface area (TPSA) is 49.4 Å². The van der Waals surface area contributed by atoms with Crippen LogP contribution in [0.3, 0.4) is 0 Å². The second kappa shape index (κ2) is 6.71. The van der Waals surface area contributed by atoms with Crippen molar-refractivity contribution in [1.82, 2.24) is 10.2 Å². The maximum absolute atomic E-state index is 13.1. The van der Waals surface area contributed by atoms with E-state index in [0.717, 1.165) is 24.0 Å². The SMILES string of the molecule is O=C(NC1CC(=O)N(C2CC2)C1)C(c1ccccc1)c1ccccc1. The molecule has 0 spiro atoms. The average Bonchev–Trinajstić information content (AvgIpc) is 3.41. The fourth-order valence-corrected chi connectivity index (χ4v) is 3.64.